The molecule has 1 unspecified atom stereocenters. The topological polar surface area (TPSA) is 298 Å². The summed E-state index contributed by atoms with van der Waals surface area (Å²) in [6.07, 6.45) is 8.15. The van der Waals surface area contributed by atoms with Crippen molar-refractivity contribution in [2.45, 2.75) is 75.0 Å². The van der Waals surface area contributed by atoms with Gasteiger partial charge in [-0.25, -0.2) is 26.2 Å². The van der Waals surface area contributed by atoms with Crippen LogP contribution in [0.25, 0.3) is 17.4 Å². The Hall–Kier alpha value is -2.93. The number of methoxy groups -OCH3 is 1. The number of carbonyl (C=O) groups is 3. The van der Waals surface area contributed by atoms with Crippen LogP contribution in [0, 0.1) is 0 Å². The number of rotatable bonds is 33. The van der Waals surface area contributed by atoms with E-state index >= 15 is 0 Å². The molecule has 1 fully saturated rings. The molecule has 0 radical (unpaired) electrons. The van der Waals surface area contributed by atoms with Crippen LogP contribution in [0.3, 0.4) is 0 Å². The van der Waals surface area contributed by atoms with Crippen LogP contribution in [0.4, 0.5) is 5.69 Å². The van der Waals surface area contributed by atoms with Crippen molar-refractivity contribution in [2.75, 3.05) is 103 Å². The zero-order valence-corrected chi connectivity index (χ0v) is 49.4. The standard InChI is InChI=1S/C48H65N3O19S3.2Na/c1-48(19-7-33-71(55,56)57)41-36-39(73(61,62)63)13-15-42(41)50(21-5-3-4-11-47(54)70-51-45(52)16-17-46(51)53)44(48)10-6-9-37-18-23-69-43-35-38(12-14-40(37)43)49(20-8-34-72(58,59)60)22-24-65-27-28-67-31-32-68-30-29-66-26-25-64-2;;/h6,9-10,12-15,18,23,35-36H,3-5,7-8,11,16-17,19-22,24-34H2,1-2H3,(H2-,55,56,57,58,59,60,61,62,63);;/q;2*+1/p-1. The van der Waals surface area contributed by atoms with Gasteiger partial charge in [-0.05, 0) is 80.1 Å². The Kier molecular flexibility index (Phi) is 28.5. The monoisotopic (exact) mass is 1130 g/mol. The molecule has 1 atom stereocenters. The minimum absolute atomic E-state index is 0. The summed E-state index contributed by atoms with van der Waals surface area (Å²) in [6, 6.07) is 11.2. The molecular formula is C48H64N3Na2O19S3+. The Labute approximate surface area is 482 Å². The van der Waals surface area contributed by atoms with Crippen LogP contribution in [0.15, 0.2) is 75.9 Å². The first-order valence-electron chi connectivity index (χ1n) is 23.8. The minimum atomic E-state index is -4.91. The third-order valence-corrected chi connectivity index (χ3v) is 14.5. The predicted molar refractivity (Wildman–Crippen MR) is 262 cm³/mol. The Morgan fingerprint density at radius 2 is 1.43 bits per heavy atom. The molecular weight excluding hydrogens is 1060 g/mol. The number of anilines is 1. The number of unbranched alkanes of at least 4 members (excludes halogenated alkanes) is 2. The molecule has 22 nitrogen and oxygen atoms in total. The number of benzene rings is 2. The molecule has 1 aromatic carbocycles. The molecule has 0 bridgehead atoms. The van der Waals surface area contributed by atoms with E-state index in [4.69, 9.17) is 32.9 Å². The zero-order chi connectivity index (χ0) is 53.1. The maximum Gasteiger partial charge on any atom is 1.00 e. The minimum Gasteiger partial charge on any atom is -0.748 e. The van der Waals surface area contributed by atoms with E-state index in [2.05, 4.69) is 0 Å². The van der Waals surface area contributed by atoms with Crippen molar-refractivity contribution in [1.29, 1.82) is 0 Å². The van der Waals surface area contributed by atoms with Crippen LogP contribution in [-0.2, 0) is 78.7 Å². The number of ether oxygens (including phenoxy) is 5. The maximum absolute atomic E-state index is 12.5. The van der Waals surface area contributed by atoms with E-state index in [-0.39, 0.29) is 111 Å². The summed E-state index contributed by atoms with van der Waals surface area (Å²) in [4.78, 5) is 42.7. The Balaban J connectivity index is 0.00000741. The maximum atomic E-state index is 12.5. The van der Waals surface area contributed by atoms with Gasteiger partial charge < -0.3 is 46.9 Å². The molecule has 2 amide bonds. The Morgan fingerprint density at radius 1 is 0.787 bits per heavy atom. The fourth-order valence-corrected chi connectivity index (χ4v) is 9.89. The largest absolute Gasteiger partial charge is 1.00 e. The van der Waals surface area contributed by atoms with Crippen LogP contribution in [0.2, 0.25) is 0 Å². The summed E-state index contributed by atoms with van der Waals surface area (Å²) in [6.45, 7) is 6.31. The fraction of sp³-hybridized carbons (Fsp3) is 0.542. The van der Waals surface area contributed by atoms with Gasteiger partial charge >= 0.3 is 65.1 Å². The van der Waals surface area contributed by atoms with Gasteiger partial charge in [0.25, 0.3) is 21.9 Å². The van der Waals surface area contributed by atoms with Gasteiger partial charge in [0.2, 0.25) is 5.36 Å². The number of hydroxylamine groups is 2. The molecule has 75 heavy (non-hydrogen) atoms. The third-order valence-electron chi connectivity index (χ3n) is 12.0. The number of fused-ring (bicyclic) bond motifs is 2. The predicted octanol–water partition coefficient (Wildman–Crippen LogP) is -2.77. The molecule has 1 aliphatic carbocycles. The van der Waals surface area contributed by atoms with E-state index in [0.717, 1.165) is 5.56 Å². The SMILES string of the molecule is COCCOCCOCCOCCOCC[N+](CCCS(=O)(=O)O)=c1ccc2c(/C=C/C=C3/N(CCCCCC(=O)ON4C(=O)CCC4=O)c4ccc(S(=O)(=O)[O-])cc4C3(C)CCCS(=O)(=O)[O-])ccoc-2c1.[Na+].[Na+]. The van der Waals surface area contributed by atoms with Crippen molar-refractivity contribution in [3.05, 3.63) is 83.1 Å². The van der Waals surface area contributed by atoms with Gasteiger partial charge in [0.1, 0.15) is 29.0 Å². The average molecular weight is 1130 g/mol. The quantitative estimate of drug-likeness (QED) is 0.0212. The Bertz CT molecular complexity index is 2790. The summed E-state index contributed by atoms with van der Waals surface area (Å²) in [5.74, 6) is -2.56. The molecule has 3 heterocycles. The first-order valence-corrected chi connectivity index (χ1v) is 28.4. The van der Waals surface area contributed by atoms with Crippen molar-refractivity contribution in [3.63, 3.8) is 0 Å². The first kappa shape index (κ1) is 66.4. The summed E-state index contributed by atoms with van der Waals surface area (Å²) in [7, 11) is -12.1. The fourth-order valence-electron chi connectivity index (χ4n) is 8.40. The average Bonchev–Trinajstić information content (AvgIpc) is 3.76. The van der Waals surface area contributed by atoms with E-state index in [0.29, 0.717) is 124 Å². The van der Waals surface area contributed by atoms with Gasteiger partial charge in [-0.1, -0.05) is 18.6 Å². The number of nitrogens with zero attached hydrogens (tertiary/aromatic N) is 3. The molecule has 4 aliphatic rings. The number of hydrogen-bond donors (Lipinski definition) is 1. The van der Waals surface area contributed by atoms with Crippen LogP contribution in [-0.4, -0.2) is 159 Å². The molecule has 3 aliphatic heterocycles. The van der Waals surface area contributed by atoms with Crippen LogP contribution >= 0.6 is 0 Å². The van der Waals surface area contributed by atoms with Crippen LogP contribution in [0.1, 0.15) is 75.8 Å². The molecule has 1 saturated heterocycles. The van der Waals surface area contributed by atoms with Crippen molar-refractivity contribution in [1.82, 2.24) is 9.64 Å². The molecule has 5 rings (SSSR count). The molecule has 27 heteroatoms. The van der Waals surface area contributed by atoms with E-state index in [1.807, 2.05) is 27.7 Å². The summed E-state index contributed by atoms with van der Waals surface area (Å²) >= 11 is 0. The summed E-state index contributed by atoms with van der Waals surface area (Å²) < 4.78 is 140. The molecule has 1 aromatic rings. The number of carbonyl (C=O) groups excluding carboxylic acids is 3. The van der Waals surface area contributed by atoms with Crippen molar-refractivity contribution < 1.29 is 145 Å². The number of hydrogen-bond acceptors (Lipinski definition) is 19. The number of imide groups is 1. The second-order valence-corrected chi connectivity index (χ2v) is 21.8. The normalized spacial score (nSPS) is 16.9. The smallest absolute Gasteiger partial charge is 0.748 e. The van der Waals surface area contributed by atoms with E-state index < -0.39 is 70.0 Å². The Morgan fingerprint density at radius 3 is 2.04 bits per heavy atom. The van der Waals surface area contributed by atoms with Crippen molar-refractivity contribution >= 4 is 59.9 Å². The van der Waals surface area contributed by atoms with Gasteiger partial charge in [-0.2, -0.15) is 8.42 Å². The zero-order valence-electron chi connectivity index (χ0n) is 43.0. The summed E-state index contributed by atoms with van der Waals surface area (Å²) in [5.41, 5.74) is 1.92. The van der Waals surface area contributed by atoms with Crippen molar-refractivity contribution in [3.8, 4) is 11.3 Å². The van der Waals surface area contributed by atoms with E-state index in [1.54, 1.807) is 38.3 Å². The van der Waals surface area contributed by atoms with Crippen LogP contribution < -0.4 is 73.9 Å². The van der Waals surface area contributed by atoms with Gasteiger partial charge in [-0.3, -0.25) is 14.1 Å². The second-order valence-electron chi connectivity index (χ2n) is 17.4. The van der Waals surface area contributed by atoms with Crippen LogP contribution in [0.5, 0.6) is 0 Å². The second kappa shape index (κ2) is 32.2. The van der Waals surface area contributed by atoms with Gasteiger partial charge in [0.05, 0.1) is 86.0 Å². The molecule has 0 saturated carbocycles. The first-order chi connectivity index (χ1) is 34.7. The number of allylic oxidation sites excluding steroid dienone is 3. The van der Waals surface area contributed by atoms with Gasteiger partial charge in [0, 0.05) is 73.5 Å². The third kappa shape index (κ3) is 21.7. The molecule has 404 valence electrons. The van der Waals surface area contributed by atoms with Gasteiger partial charge in [-0.15, -0.1) is 5.06 Å². The molecule has 0 aromatic heterocycles. The van der Waals surface area contributed by atoms with E-state index in [9.17, 15) is 53.3 Å². The van der Waals surface area contributed by atoms with Gasteiger partial charge in [0.15, 0.2) is 6.54 Å². The summed E-state index contributed by atoms with van der Waals surface area (Å²) in [5, 5.41) is 1.19. The molecule has 0 spiro atoms. The van der Waals surface area contributed by atoms with E-state index in [1.165, 1.54) is 24.5 Å². The molecule has 1 N–H and O–H groups in total. The van der Waals surface area contributed by atoms with Crippen molar-refractivity contribution in [2.24, 2.45) is 0 Å². The number of amides is 2.